The van der Waals surface area contributed by atoms with Crippen LogP contribution in [0.4, 0.5) is 0 Å². The van der Waals surface area contributed by atoms with E-state index >= 15 is 0 Å². The topological polar surface area (TPSA) is 29.5 Å². The van der Waals surface area contributed by atoms with Crippen LogP contribution in [-0.2, 0) is 0 Å². The van der Waals surface area contributed by atoms with E-state index in [1.54, 1.807) is 19.2 Å². The third kappa shape index (κ3) is 2.95. The predicted molar refractivity (Wildman–Crippen MR) is 87.5 cm³/mol. The summed E-state index contributed by atoms with van der Waals surface area (Å²) in [7, 11) is 1.66. The normalized spacial score (nSPS) is 17.5. The van der Waals surface area contributed by atoms with Crippen molar-refractivity contribution < 1.29 is 9.53 Å². The minimum Gasteiger partial charge on any atom is -0.497 e. The van der Waals surface area contributed by atoms with E-state index in [-0.39, 0.29) is 11.9 Å². The van der Waals surface area contributed by atoms with Crippen LogP contribution in [0.25, 0.3) is 0 Å². The Labute approximate surface area is 135 Å². The highest BCUT2D eigenvalue weighted by atomic mass is 35.5. The molecule has 22 heavy (non-hydrogen) atoms. The van der Waals surface area contributed by atoms with Crippen molar-refractivity contribution in [1.29, 1.82) is 0 Å². The summed E-state index contributed by atoms with van der Waals surface area (Å²) in [5.74, 6) is 0.854. The SMILES string of the molecule is COc1cccc(C2CCCN2C(=O)c2cccc(Cl)c2)c1. The van der Waals surface area contributed by atoms with E-state index in [9.17, 15) is 4.79 Å². The molecule has 1 atom stereocenters. The van der Waals surface area contributed by atoms with Crippen LogP contribution >= 0.6 is 11.6 Å². The fourth-order valence-electron chi connectivity index (χ4n) is 2.99. The minimum atomic E-state index is 0.0350. The number of nitrogens with zero attached hydrogens (tertiary/aromatic N) is 1. The number of carbonyl (C=O) groups is 1. The molecule has 1 aliphatic rings. The van der Waals surface area contributed by atoms with Gasteiger partial charge in [0.25, 0.3) is 5.91 Å². The Hall–Kier alpha value is -2.00. The highest BCUT2D eigenvalue weighted by Gasteiger charge is 2.30. The summed E-state index contributed by atoms with van der Waals surface area (Å²) in [5.41, 5.74) is 1.76. The van der Waals surface area contributed by atoms with Gasteiger partial charge in [-0.15, -0.1) is 0 Å². The summed E-state index contributed by atoms with van der Waals surface area (Å²) in [6.45, 7) is 0.771. The lowest BCUT2D eigenvalue weighted by Gasteiger charge is -2.25. The maximum Gasteiger partial charge on any atom is 0.254 e. The van der Waals surface area contributed by atoms with E-state index in [0.717, 1.165) is 30.7 Å². The first kappa shape index (κ1) is 14.9. The van der Waals surface area contributed by atoms with Crippen LogP contribution in [0.15, 0.2) is 48.5 Å². The molecular formula is C18H18ClNO2. The molecule has 3 nitrogen and oxygen atoms in total. The molecule has 1 fully saturated rings. The van der Waals surface area contributed by atoms with Gasteiger partial charge in [0.15, 0.2) is 0 Å². The van der Waals surface area contributed by atoms with E-state index < -0.39 is 0 Å². The number of hydrogen-bond acceptors (Lipinski definition) is 2. The van der Waals surface area contributed by atoms with Gasteiger partial charge in [-0.3, -0.25) is 4.79 Å². The molecule has 4 heteroatoms. The third-order valence-electron chi connectivity index (χ3n) is 4.06. The second-order valence-electron chi connectivity index (χ2n) is 5.44. The molecule has 1 heterocycles. The van der Waals surface area contributed by atoms with Gasteiger partial charge in [-0.2, -0.15) is 0 Å². The zero-order chi connectivity index (χ0) is 15.5. The van der Waals surface area contributed by atoms with Crippen molar-refractivity contribution in [2.45, 2.75) is 18.9 Å². The van der Waals surface area contributed by atoms with Crippen LogP contribution in [0.3, 0.4) is 0 Å². The molecule has 114 valence electrons. The molecule has 0 spiro atoms. The van der Waals surface area contributed by atoms with E-state index in [1.807, 2.05) is 35.2 Å². The van der Waals surface area contributed by atoms with Gasteiger partial charge in [0.05, 0.1) is 13.2 Å². The van der Waals surface area contributed by atoms with Crippen molar-refractivity contribution in [3.63, 3.8) is 0 Å². The van der Waals surface area contributed by atoms with Crippen LogP contribution in [0.2, 0.25) is 5.02 Å². The van der Waals surface area contributed by atoms with Crippen molar-refractivity contribution in [2.24, 2.45) is 0 Å². The number of carbonyl (C=O) groups excluding carboxylic acids is 1. The molecule has 1 amide bonds. The lowest BCUT2D eigenvalue weighted by molar-refractivity contribution is 0.0735. The number of hydrogen-bond donors (Lipinski definition) is 0. The maximum atomic E-state index is 12.8. The summed E-state index contributed by atoms with van der Waals surface area (Å²) in [5, 5.41) is 0.586. The number of halogens is 1. The average molecular weight is 316 g/mol. The van der Waals surface area contributed by atoms with E-state index in [1.165, 1.54) is 0 Å². The first-order valence-corrected chi connectivity index (χ1v) is 7.77. The highest BCUT2D eigenvalue weighted by Crippen LogP contribution is 2.34. The van der Waals surface area contributed by atoms with Crippen molar-refractivity contribution >= 4 is 17.5 Å². The molecule has 0 aliphatic carbocycles. The molecular weight excluding hydrogens is 298 g/mol. The smallest absolute Gasteiger partial charge is 0.254 e. The van der Waals surface area contributed by atoms with Gasteiger partial charge in [-0.05, 0) is 48.7 Å². The number of methoxy groups -OCH3 is 1. The van der Waals surface area contributed by atoms with Crippen LogP contribution in [-0.4, -0.2) is 24.5 Å². The van der Waals surface area contributed by atoms with Crippen molar-refractivity contribution in [2.75, 3.05) is 13.7 Å². The lowest BCUT2D eigenvalue weighted by Crippen LogP contribution is -2.30. The third-order valence-corrected chi connectivity index (χ3v) is 4.30. The van der Waals surface area contributed by atoms with Crippen LogP contribution < -0.4 is 4.74 Å². The van der Waals surface area contributed by atoms with E-state index in [4.69, 9.17) is 16.3 Å². The summed E-state index contributed by atoms with van der Waals surface area (Å²) in [4.78, 5) is 14.7. The Morgan fingerprint density at radius 2 is 2.05 bits per heavy atom. The average Bonchev–Trinajstić information content (AvgIpc) is 3.04. The first-order chi connectivity index (χ1) is 10.7. The highest BCUT2D eigenvalue weighted by molar-refractivity contribution is 6.30. The summed E-state index contributed by atoms with van der Waals surface area (Å²) >= 11 is 6.00. The fourth-order valence-corrected chi connectivity index (χ4v) is 3.18. The molecule has 3 rings (SSSR count). The Morgan fingerprint density at radius 1 is 1.23 bits per heavy atom. The minimum absolute atomic E-state index is 0.0350. The number of rotatable bonds is 3. The van der Waals surface area contributed by atoms with Gasteiger partial charge in [-0.25, -0.2) is 0 Å². The monoisotopic (exact) mass is 315 g/mol. The van der Waals surface area contributed by atoms with Crippen molar-refractivity contribution in [1.82, 2.24) is 4.90 Å². The van der Waals surface area contributed by atoms with Crippen LogP contribution in [0.5, 0.6) is 5.75 Å². The van der Waals surface area contributed by atoms with Gasteiger partial charge >= 0.3 is 0 Å². The zero-order valence-electron chi connectivity index (χ0n) is 12.5. The fraction of sp³-hybridized carbons (Fsp3) is 0.278. The maximum absolute atomic E-state index is 12.8. The number of benzene rings is 2. The number of likely N-dealkylation sites (tertiary alicyclic amines) is 1. The molecule has 1 unspecified atom stereocenters. The summed E-state index contributed by atoms with van der Waals surface area (Å²) in [6, 6.07) is 15.2. The Kier molecular flexibility index (Phi) is 4.34. The van der Waals surface area contributed by atoms with Gasteiger partial charge < -0.3 is 9.64 Å². The molecule has 0 radical (unpaired) electrons. The lowest BCUT2D eigenvalue weighted by atomic mass is 10.0. The van der Waals surface area contributed by atoms with Gasteiger partial charge in [0.2, 0.25) is 0 Å². The predicted octanol–water partition coefficient (Wildman–Crippen LogP) is 4.33. The molecule has 1 aliphatic heterocycles. The largest absolute Gasteiger partial charge is 0.497 e. The summed E-state index contributed by atoms with van der Waals surface area (Å²) < 4.78 is 5.29. The van der Waals surface area contributed by atoms with Gasteiger partial charge in [-0.1, -0.05) is 29.8 Å². The second-order valence-corrected chi connectivity index (χ2v) is 5.88. The Bertz CT molecular complexity index is 686. The van der Waals surface area contributed by atoms with Crippen molar-refractivity contribution in [3.8, 4) is 5.75 Å². The molecule has 2 aromatic rings. The molecule has 0 aromatic heterocycles. The zero-order valence-corrected chi connectivity index (χ0v) is 13.2. The van der Waals surface area contributed by atoms with Gasteiger partial charge in [0.1, 0.15) is 5.75 Å². The Balaban J connectivity index is 1.88. The second kappa shape index (κ2) is 6.41. The summed E-state index contributed by atoms with van der Waals surface area (Å²) in [6.07, 6.45) is 1.98. The molecule has 1 saturated heterocycles. The molecule has 0 saturated carbocycles. The first-order valence-electron chi connectivity index (χ1n) is 7.39. The standard InChI is InChI=1S/C18H18ClNO2/c1-22-16-8-3-5-13(12-16)17-9-4-10-20(17)18(21)14-6-2-7-15(19)11-14/h2-3,5-8,11-12,17H,4,9-10H2,1H3. The van der Waals surface area contributed by atoms with Gasteiger partial charge in [0, 0.05) is 17.1 Å². The van der Waals surface area contributed by atoms with Crippen LogP contribution in [0.1, 0.15) is 34.8 Å². The molecule has 0 bridgehead atoms. The van der Waals surface area contributed by atoms with Crippen molar-refractivity contribution in [3.05, 3.63) is 64.7 Å². The molecule has 0 N–H and O–H groups in total. The Morgan fingerprint density at radius 3 is 2.82 bits per heavy atom. The van der Waals surface area contributed by atoms with E-state index in [0.29, 0.717) is 10.6 Å². The quantitative estimate of drug-likeness (QED) is 0.844. The number of amides is 1. The van der Waals surface area contributed by atoms with Crippen LogP contribution in [0, 0.1) is 0 Å². The van der Waals surface area contributed by atoms with E-state index in [2.05, 4.69) is 6.07 Å². The molecule has 2 aromatic carbocycles. The number of ether oxygens (including phenoxy) is 1.